The molecular formula is C50H32N2O2. The number of fused-ring (bicyclic) bond motifs is 8. The van der Waals surface area contributed by atoms with Crippen LogP contribution in [-0.2, 0) is 0 Å². The molecule has 0 fully saturated rings. The fourth-order valence-electron chi connectivity index (χ4n) is 8.10. The lowest BCUT2D eigenvalue weighted by Crippen LogP contribution is -2.10. The Morgan fingerprint density at radius 1 is 0.389 bits per heavy atom. The van der Waals surface area contributed by atoms with Gasteiger partial charge in [0.25, 0.3) is 0 Å². The maximum absolute atomic E-state index is 6.60. The molecule has 0 saturated carbocycles. The van der Waals surface area contributed by atoms with Crippen molar-refractivity contribution < 1.29 is 8.83 Å². The van der Waals surface area contributed by atoms with Crippen LogP contribution >= 0.6 is 0 Å². The van der Waals surface area contributed by atoms with Gasteiger partial charge < -0.3 is 13.7 Å². The van der Waals surface area contributed by atoms with Gasteiger partial charge in [-0.25, -0.2) is 0 Å². The van der Waals surface area contributed by atoms with E-state index in [9.17, 15) is 0 Å². The minimum atomic E-state index is 0.859. The van der Waals surface area contributed by atoms with Gasteiger partial charge in [-0.1, -0.05) is 127 Å². The standard InChI is InChI=1S/C50H32N2O2/c1-3-13-33(14-4-1)35-15-11-18-39(31-35)51(45-22-12-21-41-40-19-7-9-23-46(40)53-49(41)45)38-28-25-34(26-29-38)36-27-30-44-43(32-36)48-42-20-8-10-24-47(42)54-50(48)52(44)37-16-5-2-6-17-37/h1-32H. The van der Waals surface area contributed by atoms with Gasteiger partial charge in [0.2, 0.25) is 5.71 Å². The SMILES string of the molecule is c1ccc(-c2cccc(N(c3ccc(-c4ccc5c(c4)c4c6ccccc6oc4n5-c4ccccc4)cc3)c3cccc4c3oc3ccccc34)c2)cc1. The molecule has 4 heteroatoms. The molecular weight excluding hydrogens is 661 g/mol. The van der Waals surface area contributed by atoms with Gasteiger partial charge in [-0.3, -0.25) is 4.57 Å². The normalized spacial score (nSPS) is 11.7. The van der Waals surface area contributed by atoms with Crippen molar-refractivity contribution in [2.75, 3.05) is 4.90 Å². The fourth-order valence-corrected chi connectivity index (χ4v) is 8.10. The number of anilines is 3. The van der Waals surface area contributed by atoms with Crippen LogP contribution in [0.3, 0.4) is 0 Å². The highest BCUT2D eigenvalue weighted by Crippen LogP contribution is 2.44. The number of hydrogen-bond donors (Lipinski definition) is 0. The Balaban J connectivity index is 1.07. The molecule has 0 spiro atoms. The number of para-hydroxylation sites is 4. The van der Waals surface area contributed by atoms with Crippen molar-refractivity contribution in [2.24, 2.45) is 0 Å². The topological polar surface area (TPSA) is 34.5 Å². The Bertz CT molecular complexity index is 3150. The van der Waals surface area contributed by atoms with Crippen molar-refractivity contribution in [1.82, 2.24) is 4.57 Å². The van der Waals surface area contributed by atoms with Crippen molar-refractivity contribution in [3.8, 4) is 27.9 Å². The smallest absolute Gasteiger partial charge is 0.213 e. The zero-order chi connectivity index (χ0) is 35.6. The van der Waals surface area contributed by atoms with Crippen LogP contribution in [0.5, 0.6) is 0 Å². The quantitative estimate of drug-likeness (QED) is 0.174. The summed E-state index contributed by atoms with van der Waals surface area (Å²) >= 11 is 0. The molecule has 4 nitrogen and oxygen atoms in total. The molecule has 54 heavy (non-hydrogen) atoms. The highest BCUT2D eigenvalue weighted by atomic mass is 16.3. The first-order chi connectivity index (χ1) is 26.8. The number of rotatable bonds is 6. The van der Waals surface area contributed by atoms with E-state index in [1.54, 1.807) is 0 Å². The fraction of sp³-hybridized carbons (Fsp3) is 0. The summed E-state index contributed by atoms with van der Waals surface area (Å²) in [4.78, 5) is 2.31. The lowest BCUT2D eigenvalue weighted by Gasteiger charge is -2.26. The van der Waals surface area contributed by atoms with Gasteiger partial charge in [-0.05, 0) is 89.0 Å². The first-order valence-electron chi connectivity index (χ1n) is 18.3. The first-order valence-corrected chi connectivity index (χ1v) is 18.3. The molecule has 0 aliphatic rings. The number of hydrogen-bond acceptors (Lipinski definition) is 3. The van der Waals surface area contributed by atoms with Crippen molar-refractivity contribution in [3.05, 3.63) is 194 Å². The van der Waals surface area contributed by atoms with Gasteiger partial charge >= 0.3 is 0 Å². The van der Waals surface area contributed by atoms with E-state index in [4.69, 9.17) is 8.83 Å². The van der Waals surface area contributed by atoms with Crippen LogP contribution in [0.1, 0.15) is 0 Å². The second kappa shape index (κ2) is 12.1. The minimum absolute atomic E-state index is 0.859. The number of nitrogens with zero attached hydrogens (tertiary/aromatic N) is 2. The maximum Gasteiger partial charge on any atom is 0.213 e. The van der Waals surface area contributed by atoms with E-state index in [1.807, 2.05) is 30.3 Å². The molecule has 0 N–H and O–H groups in total. The predicted octanol–water partition coefficient (Wildman–Crippen LogP) is 14.2. The third-order valence-corrected chi connectivity index (χ3v) is 10.6. The average Bonchev–Trinajstić information content (AvgIpc) is 3.91. The molecule has 0 unspecified atom stereocenters. The zero-order valence-corrected chi connectivity index (χ0v) is 29.2. The molecule has 0 aliphatic heterocycles. The second-order valence-electron chi connectivity index (χ2n) is 13.7. The molecule has 0 saturated heterocycles. The molecule has 0 atom stereocenters. The number of aromatic nitrogens is 1. The van der Waals surface area contributed by atoms with E-state index >= 15 is 0 Å². The molecule has 3 heterocycles. The summed E-state index contributed by atoms with van der Waals surface area (Å²) in [5, 5.41) is 5.62. The van der Waals surface area contributed by atoms with Gasteiger partial charge in [-0.2, -0.15) is 0 Å². The Morgan fingerprint density at radius 2 is 1.00 bits per heavy atom. The summed E-state index contributed by atoms with van der Waals surface area (Å²) < 4.78 is 15.4. The van der Waals surface area contributed by atoms with E-state index in [2.05, 4.69) is 173 Å². The largest absolute Gasteiger partial charge is 0.454 e. The lowest BCUT2D eigenvalue weighted by molar-refractivity contribution is 0.645. The zero-order valence-electron chi connectivity index (χ0n) is 29.2. The van der Waals surface area contributed by atoms with Crippen LogP contribution < -0.4 is 4.90 Å². The highest BCUT2D eigenvalue weighted by molar-refractivity contribution is 6.20. The predicted molar refractivity (Wildman–Crippen MR) is 223 cm³/mol. The number of furan rings is 2. The van der Waals surface area contributed by atoms with Gasteiger partial charge in [0.1, 0.15) is 11.2 Å². The Labute approximate surface area is 311 Å². The molecule has 254 valence electrons. The number of benzene rings is 8. The molecule has 0 bridgehead atoms. The molecule has 11 aromatic rings. The molecule has 11 rings (SSSR count). The first kappa shape index (κ1) is 30.3. The minimum Gasteiger partial charge on any atom is -0.454 e. The summed E-state index contributed by atoms with van der Waals surface area (Å²) in [5.41, 5.74) is 13.4. The Morgan fingerprint density at radius 3 is 1.81 bits per heavy atom. The van der Waals surface area contributed by atoms with E-state index in [0.717, 1.165) is 94.4 Å². The summed E-state index contributed by atoms with van der Waals surface area (Å²) in [6.45, 7) is 0. The Kier molecular flexibility index (Phi) is 6.82. The van der Waals surface area contributed by atoms with Crippen LogP contribution in [0, 0.1) is 0 Å². The second-order valence-corrected chi connectivity index (χ2v) is 13.7. The molecule has 0 radical (unpaired) electrons. The van der Waals surface area contributed by atoms with E-state index in [0.29, 0.717) is 0 Å². The summed E-state index contributed by atoms with van der Waals surface area (Å²) in [5.74, 6) is 0. The third kappa shape index (κ3) is 4.78. The van der Waals surface area contributed by atoms with E-state index < -0.39 is 0 Å². The van der Waals surface area contributed by atoms with Gasteiger partial charge in [-0.15, -0.1) is 0 Å². The average molecular weight is 693 g/mol. The van der Waals surface area contributed by atoms with Crippen LogP contribution in [0.2, 0.25) is 0 Å². The Hall–Kier alpha value is -7.30. The van der Waals surface area contributed by atoms with E-state index in [1.165, 1.54) is 5.56 Å². The van der Waals surface area contributed by atoms with Crippen molar-refractivity contribution in [3.63, 3.8) is 0 Å². The van der Waals surface area contributed by atoms with E-state index in [-0.39, 0.29) is 0 Å². The highest BCUT2D eigenvalue weighted by Gasteiger charge is 2.22. The van der Waals surface area contributed by atoms with Crippen LogP contribution in [0.4, 0.5) is 17.1 Å². The third-order valence-electron chi connectivity index (χ3n) is 10.6. The lowest BCUT2D eigenvalue weighted by atomic mass is 10.0. The van der Waals surface area contributed by atoms with Crippen LogP contribution in [0.25, 0.3) is 82.9 Å². The van der Waals surface area contributed by atoms with Crippen LogP contribution in [0.15, 0.2) is 203 Å². The van der Waals surface area contributed by atoms with Gasteiger partial charge in [0.15, 0.2) is 5.58 Å². The van der Waals surface area contributed by atoms with Crippen molar-refractivity contribution >= 4 is 72.0 Å². The van der Waals surface area contributed by atoms with Gasteiger partial charge in [0, 0.05) is 38.6 Å². The monoisotopic (exact) mass is 692 g/mol. The molecule has 8 aromatic carbocycles. The molecule has 3 aromatic heterocycles. The van der Waals surface area contributed by atoms with Crippen molar-refractivity contribution in [1.29, 1.82) is 0 Å². The van der Waals surface area contributed by atoms with Crippen molar-refractivity contribution in [2.45, 2.75) is 0 Å². The van der Waals surface area contributed by atoms with Gasteiger partial charge in [0.05, 0.1) is 16.6 Å². The summed E-state index contributed by atoms with van der Waals surface area (Å²) in [6, 6.07) is 68.4. The van der Waals surface area contributed by atoms with Crippen LogP contribution in [-0.4, -0.2) is 4.57 Å². The summed E-state index contributed by atoms with van der Waals surface area (Å²) in [7, 11) is 0. The molecule has 0 amide bonds. The maximum atomic E-state index is 6.60. The molecule has 0 aliphatic carbocycles. The summed E-state index contributed by atoms with van der Waals surface area (Å²) in [6.07, 6.45) is 0.